The lowest BCUT2D eigenvalue weighted by atomic mass is 10.2. The third-order valence-electron chi connectivity index (χ3n) is 3.11. The highest BCUT2D eigenvalue weighted by atomic mass is 35.5. The lowest BCUT2D eigenvalue weighted by Gasteiger charge is -2.28. The topological polar surface area (TPSA) is 62.8 Å². The number of nitrogens with one attached hydrogen (secondary N) is 2. The number of fused-ring (bicyclic) bond motifs is 1. The molecular formula is C14H23Cl2N3O3. The van der Waals surface area contributed by atoms with Crippen LogP contribution in [0.5, 0.6) is 5.75 Å². The van der Waals surface area contributed by atoms with Gasteiger partial charge in [0.15, 0.2) is 0 Å². The summed E-state index contributed by atoms with van der Waals surface area (Å²) in [5.41, 5.74) is 1.78. The summed E-state index contributed by atoms with van der Waals surface area (Å²) in [6.07, 6.45) is 0. The van der Waals surface area contributed by atoms with E-state index in [9.17, 15) is 4.79 Å². The predicted octanol–water partition coefficient (Wildman–Crippen LogP) is 1.53. The molecule has 1 heterocycles. The number of carbonyl (C=O) groups is 1. The molecule has 2 N–H and O–H groups in total. The number of likely N-dealkylation sites (N-methyl/N-ethyl adjacent to an activating group) is 1. The van der Waals surface area contributed by atoms with Crippen molar-refractivity contribution < 1.29 is 14.3 Å². The zero-order valence-corrected chi connectivity index (χ0v) is 14.4. The number of hydrogen-bond acceptors (Lipinski definition) is 5. The second-order valence-electron chi connectivity index (χ2n) is 4.67. The number of benzene rings is 1. The minimum atomic E-state index is -0.0690. The number of methoxy groups -OCH3 is 1. The number of carbonyl (C=O) groups excluding carboxylic acids is 1. The predicted molar refractivity (Wildman–Crippen MR) is 93.1 cm³/mol. The van der Waals surface area contributed by atoms with Gasteiger partial charge in [0.25, 0.3) is 0 Å². The number of halogens is 2. The van der Waals surface area contributed by atoms with Crippen LogP contribution in [0.4, 0.5) is 11.4 Å². The summed E-state index contributed by atoms with van der Waals surface area (Å²) in [5.74, 6) is 0.787. The highest BCUT2D eigenvalue weighted by Gasteiger charge is 2.15. The molecule has 8 heteroatoms. The molecule has 0 unspecified atom stereocenters. The van der Waals surface area contributed by atoms with E-state index in [1.807, 2.05) is 25.2 Å². The van der Waals surface area contributed by atoms with Gasteiger partial charge in [0.05, 0.1) is 25.4 Å². The Bertz CT molecular complexity index is 475. The lowest BCUT2D eigenvalue weighted by molar-refractivity contribution is -0.115. The van der Waals surface area contributed by atoms with Crippen molar-refractivity contribution in [2.75, 3.05) is 57.2 Å². The van der Waals surface area contributed by atoms with Crippen LogP contribution in [-0.2, 0) is 9.53 Å². The zero-order chi connectivity index (χ0) is 14.4. The highest BCUT2D eigenvalue weighted by Crippen LogP contribution is 2.33. The van der Waals surface area contributed by atoms with E-state index < -0.39 is 0 Å². The molecule has 0 fully saturated rings. The Hall–Kier alpha value is -1.21. The Morgan fingerprint density at radius 2 is 2.18 bits per heavy atom. The van der Waals surface area contributed by atoms with Gasteiger partial charge in [-0.05, 0) is 18.2 Å². The molecule has 6 nitrogen and oxygen atoms in total. The minimum absolute atomic E-state index is 0. The summed E-state index contributed by atoms with van der Waals surface area (Å²) >= 11 is 0. The summed E-state index contributed by atoms with van der Waals surface area (Å²) in [4.78, 5) is 13.9. The standard InChI is InChI=1S/C14H21N3O3.2ClH/c1-17-6-8-20-13-4-3-11(9-12(13)17)16-14(18)10-15-5-7-19-2;;/h3-4,9,15H,5-8,10H2,1-2H3,(H,16,18);2*1H. The third-order valence-corrected chi connectivity index (χ3v) is 3.11. The van der Waals surface area contributed by atoms with Gasteiger partial charge in [0.2, 0.25) is 5.91 Å². The second kappa shape index (κ2) is 10.5. The Morgan fingerprint density at radius 1 is 1.41 bits per heavy atom. The second-order valence-corrected chi connectivity index (χ2v) is 4.67. The van der Waals surface area contributed by atoms with Crippen molar-refractivity contribution in [2.45, 2.75) is 0 Å². The van der Waals surface area contributed by atoms with Gasteiger partial charge >= 0.3 is 0 Å². The van der Waals surface area contributed by atoms with Crippen LogP contribution in [0.1, 0.15) is 0 Å². The molecule has 0 spiro atoms. The average Bonchev–Trinajstić information content (AvgIpc) is 2.45. The van der Waals surface area contributed by atoms with E-state index in [0.717, 1.165) is 23.7 Å². The van der Waals surface area contributed by atoms with Gasteiger partial charge in [-0.15, -0.1) is 24.8 Å². The van der Waals surface area contributed by atoms with Crippen LogP contribution in [0.25, 0.3) is 0 Å². The first kappa shape index (κ1) is 20.8. The van der Waals surface area contributed by atoms with Crippen LogP contribution in [0.15, 0.2) is 18.2 Å². The molecule has 1 aromatic rings. The van der Waals surface area contributed by atoms with Crippen LogP contribution in [0.3, 0.4) is 0 Å². The number of nitrogens with zero attached hydrogens (tertiary/aromatic N) is 1. The molecule has 22 heavy (non-hydrogen) atoms. The minimum Gasteiger partial charge on any atom is -0.490 e. The number of rotatable bonds is 6. The van der Waals surface area contributed by atoms with Crippen LogP contribution < -0.4 is 20.3 Å². The first-order chi connectivity index (χ1) is 9.70. The normalized spacial score (nSPS) is 12.4. The number of amides is 1. The molecule has 1 amide bonds. The molecule has 0 aromatic heterocycles. The van der Waals surface area contributed by atoms with Crippen molar-refractivity contribution in [3.63, 3.8) is 0 Å². The van der Waals surface area contributed by atoms with Gasteiger partial charge in [-0.25, -0.2) is 0 Å². The van der Waals surface area contributed by atoms with Crippen molar-refractivity contribution in [1.82, 2.24) is 5.32 Å². The SMILES string of the molecule is COCCNCC(=O)Nc1ccc2c(c1)N(C)CCO2.Cl.Cl. The van der Waals surface area contributed by atoms with Gasteiger partial charge < -0.3 is 25.0 Å². The van der Waals surface area contributed by atoms with Crippen molar-refractivity contribution in [2.24, 2.45) is 0 Å². The Morgan fingerprint density at radius 3 is 2.91 bits per heavy atom. The van der Waals surface area contributed by atoms with Gasteiger partial charge in [0, 0.05) is 26.4 Å². The maximum atomic E-state index is 11.8. The molecule has 0 atom stereocenters. The Kier molecular flexibility index (Phi) is 9.93. The van der Waals surface area contributed by atoms with E-state index in [0.29, 0.717) is 19.8 Å². The molecular weight excluding hydrogens is 329 g/mol. The molecule has 0 radical (unpaired) electrons. The Balaban J connectivity index is 0.00000220. The summed E-state index contributed by atoms with van der Waals surface area (Å²) in [6.45, 7) is 3.06. The Labute approximate surface area is 143 Å². The van der Waals surface area contributed by atoms with Gasteiger partial charge in [-0.1, -0.05) is 0 Å². The van der Waals surface area contributed by atoms with Crippen molar-refractivity contribution in [1.29, 1.82) is 0 Å². The molecule has 0 saturated carbocycles. The molecule has 0 bridgehead atoms. The average molecular weight is 352 g/mol. The molecule has 1 aliphatic rings. The van der Waals surface area contributed by atoms with Crippen molar-refractivity contribution in [3.05, 3.63) is 18.2 Å². The molecule has 1 aromatic carbocycles. The largest absolute Gasteiger partial charge is 0.490 e. The zero-order valence-electron chi connectivity index (χ0n) is 12.8. The van der Waals surface area contributed by atoms with E-state index in [2.05, 4.69) is 15.5 Å². The molecule has 2 rings (SSSR count). The fourth-order valence-electron chi connectivity index (χ4n) is 2.01. The molecule has 1 aliphatic heterocycles. The van der Waals surface area contributed by atoms with Crippen molar-refractivity contribution in [3.8, 4) is 5.75 Å². The highest BCUT2D eigenvalue weighted by molar-refractivity contribution is 5.93. The van der Waals surface area contributed by atoms with E-state index in [4.69, 9.17) is 9.47 Å². The smallest absolute Gasteiger partial charge is 0.238 e. The number of hydrogen-bond donors (Lipinski definition) is 2. The van der Waals surface area contributed by atoms with Gasteiger partial charge in [-0.3, -0.25) is 4.79 Å². The van der Waals surface area contributed by atoms with Crippen LogP contribution >= 0.6 is 24.8 Å². The van der Waals surface area contributed by atoms with Crippen LogP contribution in [0, 0.1) is 0 Å². The summed E-state index contributed by atoms with van der Waals surface area (Å²) < 4.78 is 10.5. The maximum absolute atomic E-state index is 11.8. The van der Waals surface area contributed by atoms with E-state index in [-0.39, 0.29) is 37.3 Å². The lowest BCUT2D eigenvalue weighted by Crippen LogP contribution is -2.31. The van der Waals surface area contributed by atoms with E-state index >= 15 is 0 Å². The van der Waals surface area contributed by atoms with Gasteiger partial charge in [-0.2, -0.15) is 0 Å². The fourth-order valence-corrected chi connectivity index (χ4v) is 2.01. The van der Waals surface area contributed by atoms with E-state index in [1.165, 1.54) is 0 Å². The first-order valence-electron chi connectivity index (χ1n) is 6.68. The van der Waals surface area contributed by atoms with Crippen LogP contribution in [-0.4, -0.2) is 52.9 Å². The van der Waals surface area contributed by atoms with Crippen LogP contribution in [0.2, 0.25) is 0 Å². The van der Waals surface area contributed by atoms with Gasteiger partial charge in [0.1, 0.15) is 12.4 Å². The maximum Gasteiger partial charge on any atom is 0.238 e. The molecule has 126 valence electrons. The summed E-state index contributed by atoms with van der Waals surface area (Å²) in [6, 6.07) is 5.67. The third kappa shape index (κ3) is 5.88. The monoisotopic (exact) mass is 351 g/mol. The summed E-state index contributed by atoms with van der Waals surface area (Å²) in [5, 5.41) is 5.87. The number of ether oxygens (including phenoxy) is 2. The van der Waals surface area contributed by atoms with E-state index in [1.54, 1.807) is 7.11 Å². The number of anilines is 2. The molecule has 0 aliphatic carbocycles. The van der Waals surface area contributed by atoms with Crippen molar-refractivity contribution >= 4 is 42.1 Å². The first-order valence-corrected chi connectivity index (χ1v) is 6.68. The fraction of sp³-hybridized carbons (Fsp3) is 0.500. The summed E-state index contributed by atoms with van der Waals surface area (Å²) in [7, 11) is 3.65. The quantitative estimate of drug-likeness (QED) is 0.761. The molecule has 0 saturated heterocycles.